The van der Waals surface area contributed by atoms with Crippen molar-refractivity contribution in [3.63, 3.8) is 0 Å². The SMILES string of the molecule is CC.CC.CC.CCN(C)C(C)=O. The van der Waals surface area contributed by atoms with Gasteiger partial charge < -0.3 is 4.90 Å². The minimum atomic E-state index is 0.127. The third kappa shape index (κ3) is 34.4. The molecule has 0 aliphatic carbocycles. The summed E-state index contributed by atoms with van der Waals surface area (Å²) < 4.78 is 0. The van der Waals surface area contributed by atoms with Crippen LogP contribution in [-0.2, 0) is 4.79 Å². The lowest BCUT2D eigenvalue weighted by Crippen LogP contribution is -2.22. The van der Waals surface area contributed by atoms with Gasteiger partial charge in [0.15, 0.2) is 0 Å². The van der Waals surface area contributed by atoms with E-state index in [1.54, 1.807) is 18.9 Å². The fourth-order valence-electron chi connectivity index (χ4n) is 0.223. The van der Waals surface area contributed by atoms with Crippen LogP contribution in [0.15, 0.2) is 0 Å². The maximum Gasteiger partial charge on any atom is 0.219 e. The molecule has 0 bridgehead atoms. The maximum absolute atomic E-state index is 10.3. The van der Waals surface area contributed by atoms with Gasteiger partial charge in [0.1, 0.15) is 0 Å². The summed E-state index contributed by atoms with van der Waals surface area (Å²) in [6.07, 6.45) is 0. The number of nitrogens with zero attached hydrogens (tertiary/aromatic N) is 1. The lowest BCUT2D eigenvalue weighted by molar-refractivity contribution is -0.127. The molecule has 0 aliphatic heterocycles. The highest BCUT2D eigenvalue weighted by Gasteiger charge is 1.93. The molecule has 0 heterocycles. The molecule has 0 atom stereocenters. The summed E-state index contributed by atoms with van der Waals surface area (Å²) in [4.78, 5) is 12.0. The molecule has 0 spiro atoms. The lowest BCUT2D eigenvalue weighted by Gasteiger charge is -2.09. The van der Waals surface area contributed by atoms with Crippen molar-refractivity contribution in [1.82, 2.24) is 4.90 Å². The van der Waals surface area contributed by atoms with Gasteiger partial charge in [0, 0.05) is 20.5 Å². The zero-order chi connectivity index (χ0) is 11.9. The molecule has 0 saturated heterocycles. The Labute approximate surface area is 85.3 Å². The van der Waals surface area contributed by atoms with Crippen molar-refractivity contribution in [2.45, 2.75) is 55.4 Å². The first-order valence-corrected chi connectivity index (χ1v) is 5.40. The van der Waals surface area contributed by atoms with Crippen molar-refractivity contribution >= 4 is 5.91 Å². The first kappa shape index (κ1) is 22.9. The van der Waals surface area contributed by atoms with Crippen molar-refractivity contribution in [2.75, 3.05) is 13.6 Å². The fraction of sp³-hybridized carbons (Fsp3) is 0.909. The van der Waals surface area contributed by atoms with E-state index in [1.165, 1.54) is 0 Å². The molecule has 1 amide bonds. The normalized spacial score (nSPS) is 5.92. The second-order valence-electron chi connectivity index (χ2n) is 1.53. The quantitative estimate of drug-likeness (QED) is 0.620. The van der Waals surface area contributed by atoms with Crippen LogP contribution in [0.2, 0.25) is 0 Å². The van der Waals surface area contributed by atoms with Crippen molar-refractivity contribution in [1.29, 1.82) is 0 Å². The predicted octanol–water partition coefficient (Wildman–Crippen LogP) is 3.56. The first-order chi connectivity index (χ1) is 6.18. The molecule has 0 N–H and O–H groups in total. The molecule has 0 aromatic carbocycles. The van der Waals surface area contributed by atoms with Crippen molar-refractivity contribution in [2.24, 2.45) is 0 Å². The zero-order valence-electron chi connectivity index (χ0n) is 11.1. The Hall–Kier alpha value is -0.530. The Kier molecular flexibility index (Phi) is 52.8. The van der Waals surface area contributed by atoms with Gasteiger partial charge in [-0.3, -0.25) is 4.79 Å². The molecule has 0 unspecified atom stereocenters. The van der Waals surface area contributed by atoms with Gasteiger partial charge in [0.2, 0.25) is 5.91 Å². The number of rotatable bonds is 1. The largest absolute Gasteiger partial charge is 0.346 e. The molecule has 0 aliphatic rings. The van der Waals surface area contributed by atoms with Gasteiger partial charge in [-0.1, -0.05) is 41.5 Å². The summed E-state index contributed by atoms with van der Waals surface area (Å²) in [5.74, 6) is 0.127. The van der Waals surface area contributed by atoms with Crippen LogP contribution in [0.25, 0.3) is 0 Å². The molecule has 0 radical (unpaired) electrons. The van der Waals surface area contributed by atoms with E-state index >= 15 is 0 Å². The van der Waals surface area contributed by atoms with Crippen LogP contribution in [0.3, 0.4) is 0 Å². The Morgan fingerprint density at radius 3 is 1.23 bits per heavy atom. The van der Waals surface area contributed by atoms with Gasteiger partial charge in [-0.25, -0.2) is 0 Å². The second kappa shape index (κ2) is 30.0. The lowest BCUT2D eigenvalue weighted by atomic mass is 10.6. The molecule has 0 fully saturated rings. The molecular weight excluding hydrogens is 162 g/mol. The standard InChI is InChI=1S/C5H11NO.3C2H6/c1-4-6(3)5(2)7;3*1-2/h4H2,1-3H3;3*1-2H3. The predicted molar refractivity (Wildman–Crippen MR) is 63.0 cm³/mol. The number of amides is 1. The Morgan fingerprint density at radius 1 is 1.00 bits per heavy atom. The van der Waals surface area contributed by atoms with E-state index in [1.807, 2.05) is 48.5 Å². The average Bonchev–Trinajstić information content (AvgIpc) is 2.25. The third-order valence-electron chi connectivity index (χ3n) is 1.01. The highest BCUT2D eigenvalue weighted by molar-refractivity contribution is 5.72. The van der Waals surface area contributed by atoms with Crippen LogP contribution >= 0.6 is 0 Å². The van der Waals surface area contributed by atoms with E-state index < -0.39 is 0 Å². The number of carbonyl (C=O) groups is 1. The molecule has 2 heteroatoms. The molecule has 2 nitrogen and oxygen atoms in total. The van der Waals surface area contributed by atoms with Crippen LogP contribution in [0, 0.1) is 0 Å². The summed E-state index contributed by atoms with van der Waals surface area (Å²) in [7, 11) is 1.78. The molecule has 0 aromatic heterocycles. The summed E-state index contributed by atoms with van der Waals surface area (Å²) in [5.41, 5.74) is 0. The Morgan fingerprint density at radius 2 is 1.23 bits per heavy atom. The van der Waals surface area contributed by atoms with Gasteiger partial charge in [0.05, 0.1) is 0 Å². The van der Waals surface area contributed by atoms with Gasteiger partial charge in [0.25, 0.3) is 0 Å². The van der Waals surface area contributed by atoms with Crippen molar-refractivity contribution in [3.05, 3.63) is 0 Å². The van der Waals surface area contributed by atoms with E-state index in [-0.39, 0.29) is 5.91 Å². The summed E-state index contributed by atoms with van der Waals surface area (Å²) in [6, 6.07) is 0. The van der Waals surface area contributed by atoms with E-state index in [0.29, 0.717) is 0 Å². The van der Waals surface area contributed by atoms with Crippen molar-refractivity contribution in [3.8, 4) is 0 Å². The van der Waals surface area contributed by atoms with Crippen LogP contribution < -0.4 is 0 Å². The summed E-state index contributed by atoms with van der Waals surface area (Å²) >= 11 is 0. The molecule has 0 aromatic rings. The Bertz CT molecular complexity index is 72.5. The topological polar surface area (TPSA) is 20.3 Å². The van der Waals surface area contributed by atoms with Gasteiger partial charge in [-0.2, -0.15) is 0 Å². The van der Waals surface area contributed by atoms with Crippen molar-refractivity contribution < 1.29 is 4.79 Å². The van der Waals surface area contributed by atoms with E-state index in [0.717, 1.165) is 6.54 Å². The maximum atomic E-state index is 10.3. The first-order valence-electron chi connectivity index (χ1n) is 5.40. The molecule has 0 saturated carbocycles. The summed E-state index contributed by atoms with van der Waals surface area (Å²) in [6.45, 7) is 16.3. The molecule has 84 valence electrons. The molecule has 13 heavy (non-hydrogen) atoms. The zero-order valence-corrected chi connectivity index (χ0v) is 11.1. The number of carbonyl (C=O) groups excluding carboxylic acids is 1. The van der Waals surface area contributed by atoms with Crippen LogP contribution in [0.5, 0.6) is 0 Å². The highest BCUT2D eigenvalue weighted by atomic mass is 16.2. The molecular formula is C11H29NO. The van der Waals surface area contributed by atoms with Gasteiger partial charge >= 0.3 is 0 Å². The summed E-state index contributed by atoms with van der Waals surface area (Å²) in [5, 5.41) is 0. The highest BCUT2D eigenvalue weighted by Crippen LogP contribution is 1.78. The van der Waals surface area contributed by atoms with E-state index in [9.17, 15) is 4.79 Å². The smallest absolute Gasteiger partial charge is 0.219 e. The fourth-order valence-corrected chi connectivity index (χ4v) is 0.223. The van der Waals surface area contributed by atoms with Gasteiger partial charge in [-0.05, 0) is 6.92 Å². The minimum absolute atomic E-state index is 0.127. The van der Waals surface area contributed by atoms with Crippen LogP contribution in [-0.4, -0.2) is 24.4 Å². The van der Waals surface area contributed by atoms with Gasteiger partial charge in [-0.15, -0.1) is 0 Å². The average molecular weight is 191 g/mol. The third-order valence-corrected chi connectivity index (χ3v) is 1.01. The molecule has 0 rings (SSSR count). The van der Waals surface area contributed by atoms with E-state index in [4.69, 9.17) is 0 Å². The number of hydrogen-bond acceptors (Lipinski definition) is 1. The van der Waals surface area contributed by atoms with Crippen LogP contribution in [0.4, 0.5) is 0 Å². The van der Waals surface area contributed by atoms with E-state index in [2.05, 4.69) is 0 Å². The monoisotopic (exact) mass is 191 g/mol. The Balaban J connectivity index is -0.0000000573. The number of hydrogen-bond donors (Lipinski definition) is 0. The minimum Gasteiger partial charge on any atom is -0.346 e. The second-order valence-corrected chi connectivity index (χ2v) is 1.53. The van der Waals surface area contributed by atoms with Crippen LogP contribution in [0.1, 0.15) is 55.4 Å².